The zero-order chi connectivity index (χ0) is 20.6. The lowest BCUT2D eigenvalue weighted by atomic mass is 10.2. The Kier molecular flexibility index (Phi) is 7.77. The maximum Gasteiger partial charge on any atom is 0.235 e. The summed E-state index contributed by atoms with van der Waals surface area (Å²) in [5.41, 5.74) is 0.196. The summed E-state index contributed by atoms with van der Waals surface area (Å²) < 4.78 is 49.2. The van der Waals surface area contributed by atoms with Gasteiger partial charge in [-0.1, -0.05) is 24.3 Å². The number of ether oxygens (including phenoxy) is 2. The first kappa shape index (κ1) is 21.6. The lowest BCUT2D eigenvalue weighted by Crippen LogP contribution is -2.41. The Labute approximate surface area is 164 Å². The Bertz CT molecular complexity index is 905. The summed E-state index contributed by atoms with van der Waals surface area (Å²) in [6.45, 7) is -0.246. The van der Waals surface area contributed by atoms with Crippen LogP contribution in [0.4, 0.5) is 4.39 Å². The predicted octanol–water partition coefficient (Wildman–Crippen LogP) is 1.79. The van der Waals surface area contributed by atoms with E-state index in [-0.39, 0.29) is 25.3 Å². The van der Waals surface area contributed by atoms with Gasteiger partial charge in [0, 0.05) is 18.2 Å². The summed E-state index contributed by atoms with van der Waals surface area (Å²) in [6.07, 6.45) is 0.979. The summed E-state index contributed by atoms with van der Waals surface area (Å²) in [5.74, 6) is 0.212. The summed E-state index contributed by atoms with van der Waals surface area (Å²) in [7, 11) is -2.15. The van der Waals surface area contributed by atoms with Gasteiger partial charge in [-0.25, -0.2) is 12.8 Å². The second kappa shape index (κ2) is 10.0. The normalized spacial score (nSPS) is 11.3. The van der Waals surface area contributed by atoms with Crippen LogP contribution in [-0.2, 0) is 21.4 Å². The number of carbonyl (C=O) groups is 1. The first-order valence-electron chi connectivity index (χ1n) is 8.51. The van der Waals surface area contributed by atoms with Crippen molar-refractivity contribution in [1.29, 1.82) is 0 Å². The number of nitrogens with zero attached hydrogens (tertiary/aromatic N) is 1. The van der Waals surface area contributed by atoms with E-state index >= 15 is 0 Å². The standard InChI is InChI=1S/C19H23FN2O5S/c1-26-16-7-5-8-17(12-16)27-11-10-21-19(23)14-22(28(2,24)25)13-15-6-3-4-9-18(15)20/h3-9,12H,10-11,13-14H2,1-2H3,(H,21,23). The van der Waals surface area contributed by atoms with Crippen molar-refractivity contribution in [3.05, 3.63) is 59.9 Å². The van der Waals surface area contributed by atoms with Crippen LogP contribution in [-0.4, -0.2) is 51.7 Å². The Hall–Kier alpha value is -2.65. The molecule has 152 valence electrons. The van der Waals surface area contributed by atoms with E-state index in [1.165, 1.54) is 18.2 Å². The fourth-order valence-electron chi connectivity index (χ4n) is 2.37. The van der Waals surface area contributed by atoms with E-state index in [0.717, 1.165) is 10.6 Å². The molecule has 0 atom stereocenters. The fraction of sp³-hybridized carbons (Fsp3) is 0.316. The average molecular weight is 410 g/mol. The Morgan fingerprint density at radius 3 is 2.54 bits per heavy atom. The molecule has 28 heavy (non-hydrogen) atoms. The van der Waals surface area contributed by atoms with Crippen molar-refractivity contribution in [2.45, 2.75) is 6.54 Å². The van der Waals surface area contributed by atoms with Crippen LogP contribution in [0.15, 0.2) is 48.5 Å². The molecule has 0 radical (unpaired) electrons. The molecule has 0 aliphatic rings. The summed E-state index contributed by atoms with van der Waals surface area (Å²) in [5, 5.41) is 2.59. The number of carbonyl (C=O) groups excluding carboxylic acids is 1. The van der Waals surface area contributed by atoms with Crippen molar-refractivity contribution in [3.8, 4) is 11.5 Å². The number of benzene rings is 2. The lowest BCUT2D eigenvalue weighted by molar-refractivity contribution is -0.121. The Balaban J connectivity index is 1.85. The molecule has 0 aliphatic heterocycles. The fourth-order valence-corrected chi connectivity index (χ4v) is 3.10. The molecule has 0 saturated carbocycles. The van der Waals surface area contributed by atoms with Crippen LogP contribution in [0.3, 0.4) is 0 Å². The third-order valence-corrected chi connectivity index (χ3v) is 5.02. The van der Waals surface area contributed by atoms with Gasteiger partial charge < -0.3 is 14.8 Å². The molecule has 7 nitrogen and oxygen atoms in total. The van der Waals surface area contributed by atoms with E-state index < -0.39 is 28.3 Å². The highest BCUT2D eigenvalue weighted by Crippen LogP contribution is 2.18. The van der Waals surface area contributed by atoms with Gasteiger partial charge in [0.1, 0.15) is 23.9 Å². The minimum atomic E-state index is -3.70. The highest BCUT2D eigenvalue weighted by atomic mass is 32.2. The monoisotopic (exact) mass is 410 g/mol. The van der Waals surface area contributed by atoms with Crippen molar-refractivity contribution in [3.63, 3.8) is 0 Å². The van der Waals surface area contributed by atoms with E-state index in [1.807, 2.05) is 0 Å². The largest absolute Gasteiger partial charge is 0.497 e. The van der Waals surface area contributed by atoms with Gasteiger partial charge in [-0.2, -0.15) is 4.31 Å². The second-order valence-electron chi connectivity index (χ2n) is 6.00. The van der Waals surface area contributed by atoms with Crippen molar-refractivity contribution in [1.82, 2.24) is 9.62 Å². The molecule has 0 saturated heterocycles. The molecular weight excluding hydrogens is 387 g/mol. The molecule has 1 amide bonds. The highest BCUT2D eigenvalue weighted by Gasteiger charge is 2.21. The smallest absolute Gasteiger partial charge is 0.235 e. The molecule has 0 bridgehead atoms. The van der Waals surface area contributed by atoms with Crippen molar-refractivity contribution in [2.24, 2.45) is 0 Å². The van der Waals surface area contributed by atoms with Gasteiger partial charge in [-0.3, -0.25) is 4.79 Å². The molecule has 0 aromatic heterocycles. The zero-order valence-electron chi connectivity index (χ0n) is 15.7. The molecule has 9 heteroatoms. The Morgan fingerprint density at radius 2 is 1.86 bits per heavy atom. The van der Waals surface area contributed by atoms with Gasteiger partial charge in [0.2, 0.25) is 15.9 Å². The van der Waals surface area contributed by atoms with E-state index in [1.54, 1.807) is 37.4 Å². The lowest BCUT2D eigenvalue weighted by Gasteiger charge is -2.20. The number of hydrogen-bond acceptors (Lipinski definition) is 5. The van der Waals surface area contributed by atoms with Crippen LogP contribution in [0.5, 0.6) is 11.5 Å². The van der Waals surface area contributed by atoms with Gasteiger partial charge in [0.15, 0.2) is 0 Å². The van der Waals surface area contributed by atoms with E-state index in [0.29, 0.717) is 11.5 Å². The molecule has 2 aromatic rings. The van der Waals surface area contributed by atoms with Crippen LogP contribution in [0.25, 0.3) is 0 Å². The number of methoxy groups -OCH3 is 1. The maximum atomic E-state index is 13.8. The van der Waals surface area contributed by atoms with Gasteiger partial charge in [-0.15, -0.1) is 0 Å². The molecular formula is C19H23FN2O5S. The van der Waals surface area contributed by atoms with E-state index in [9.17, 15) is 17.6 Å². The van der Waals surface area contributed by atoms with E-state index in [2.05, 4.69) is 5.32 Å². The van der Waals surface area contributed by atoms with Crippen molar-refractivity contribution >= 4 is 15.9 Å². The topological polar surface area (TPSA) is 84.9 Å². The third-order valence-electron chi connectivity index (χ3n) is 3.83. The summed E-state index contributed by atoms with van der Waals surface area (Å²) in [6, 6.07) is 12.9. The molecule has 1 N–H and O–H groups in total. The number of nitrogens with one attached hydrogen (secondary N) is 1. The van der Waals surface area contributed by atoms with Crippen molar-refractivity contribution in [2.75, 3.05) is 33.1 Å². The van der Waals surface area contributed by atoms with Crippen LogP contribution in [0.1, 0.15) is 5.56 Å². The van der Waals surface area contributed by atoms with Gasteiger partial charge in [0.25, 0.3) is 0 Å². The van der Waals surface area contributed by atoms with Crippen LogP contribution >= 0.6 is 0 Å². The van der Waals surface area contributed by atoms with E-state index in [4.69, 9.17) is 9.47 Å². The summed E-state index contributed by atoms with van der Waals surface area (Å²) >= 11 is 0. The quantitative estimate of drug-likeness (QED) is 0.604. The number of hydrogen-bond donors (Lipinski definition) is 1. The maximum absolute atomic E-state index is 13.8. The van der Waals surface area contributed by atoms with Gasteiger partial charge in [-0.05, 0) is 18.2 Å². The first-order chi connectivity index (χ1) is 13.3. The SMILES string of the molecule is COc1cccc(OCCNC(=O)CN(Cc2ccccc2F)S(C)(=O)=O)c1. The minimum Gasteiger partial charge on any atom is -0.497 e. The number of amides is 1. The van der Waals surface area contributed by atoms with Crippen LogP contribution in [0, 0.1) is 5.82 Å². The second-order valence-corrected chi connectivity index (χ2v) is 7.98. The van der Waals surface area contributed by atoms with Crippen molar-refractivity contribution < 1.29 is 27.1 Å². The summed E-state index contributed by atoms with van der Waals surface area (Å²) in [4.78, 5) is 12.1. The number of halogens is 1. The van der Waals surface area contributed by atoms with Crippen LogP contribution < -0.4 is 14.8 Å². The Morgan fingerprint density at radius 1 is 1.14 bits per heavy atom. The third kappa shape index (κ3) is 6.82. The van der Waals surface area contributed by atoms with Crippen LogP contribution in [0.2, 0.25) is 0 Å². The number of rotatable bonds is 10. The molecule has 2 rings (SSSR count). The molecule has 0 aliphatic carbocycles. The molecule has 0 unspecified atom stereocenters. The molecule has 0 spiro atoms. The predicted molar refractivity (Wildman–Crippen MR) is 103 cm³/mol. The molecule has 0 heterocycles. The molecule has 2 aromatic carbocycles. The zero-order valence-corrected chi connectivity index (χ0v) is 16.5. The highest BCUT2D eigenvalue weighted by molar-refractivity contribution is 7.88. The van der Waals surface area contributed by atoms with Gasteiger partial charge >= 0.3 is 0 Å². The average Bonchev–Trinajstić information content (AvgIpc) is 2.66. The first-order valence-corrected chi connectivity index (χ1v) is 10.4. The number of sulfonamides is 1. The minimum absolute atomic E-state index is 0.188. The molecule has 0 fully saturated rings. The van der Waals surface area contributed by atoms with Gasteiger partial charge in [0.05, 0.1) is 26.5 Å².